The monoisotopic (exact) mass is 496 g/mol. The van der Waals surface area contributed by atoms with Crippen molar-refractivity contribution in [1.82, 2.24) is 25.5 Å². The van der Waals surface area contributed by atoms with Crippen LogP contribution in [0, 0.1) is 5.92 Å². The zero-order valence-electron chi connectivity index (χ0n) is 20.0. The number of imidazole rings is 1. The first-order valence-corrected chi connectivity index (χ1v) is 12.9. The van der Waals surface area contributed by atoms with Gasteiger partial charge < -0.3 is 31.4 Å². The van der Waals surface area contributed by atoms with Crippen LogP contribution in [-0.4, -0.2) is 86.4 Å². The average Bonchev–Trinajstić information content (AvgIpc) is 3.47. The number of aromatic nitrogens is 2. The molecule has 34 heavy (non-hydrogen) atoms. The fraction of sp³-hybridized carbons (Fsp3) is 0.682. The molecule has 1 aromatic heterocycles. The van der Waals surface area contributed by atoms with Gasteiger partial charge >= 0.3 is 5.97 Å². The summed E-state index contributed by atoms with van der Waals surface area (Å²) in [5, 5.41) is 14.8. The van der Waals surface area contributed by atoms with Gasteiger partial charge in [-0.2, -0.15) is 11.8 Å². The van der Waals surface area contributed by atoms with E-state index in [1.54, 1.807) is 6.20 Å². The SMILES string of the molecule is CSCCC(NC(=O)C1CCCN1C(=O)C(N)Cc1cnc[nH]1)C(=O)NC(CC(C)C)C(=O)O. The molecular weight excluding hydrogens is 460 g/mol. The predicted octanol–water partition coefficient (Wildman–Crippen LogP) is 0.124. The minimum Gasteiger partial charge on any atom is -0.480 e. The lowest BCUT2D eigenvalue weighted by molar-refractivity contribution is -0.143. The lowest BCUT2D eigenvalue weighted by atomic mass is 10.0. The van der Waals surface area contributed by atoms with Crippen LogP contribution in [0.5, 0.6) is 0 Å². The van der Waals surface area contributed by atoms with Crippen LogP contribution in [0.2, 0.25) is 0 Å². The third kappa shape index (κ3) is 8.01. The molecule has 2 heterocycles. The maximum Gasteiger partial charge on any atom is 0.326 e. The first kappa shape index (κ1) is 27.6. The van der Waals surface area contributed by atoms with Gasteiger partial charge in [-0.25, -0.2) is 9.78 Å². The van der Waals surface area contributed by atoms with E-state index in [4.69, 9.17) is 5.73 Å². The molecule has 0 radical (unpaired) electrons. The van der Waals surface area contributed by atoms with E-state index in [-0.39, 0.29) is 24.7 Å². The molecule has 0 aromatic carbocycles. The van der Waals surface area contributed by atoms with E-state index in [0.717, 1.165) is 5.69 Å². The maximum atomic E-state index is 13.1. The second kappa shape index (κ2) is 13.3. The molecule has 3 amide bonds. The van der Waals surface area contributed by atoms with Crippen LogP contribution in [0.25, 0.3) is 0 Å². The van der Waals surface area contributed by atoms with E-state index in [1.807, 2.05) is 20.1 Å². The molecule has 0 saturated carbocycles. The van der Waals surface area contributed by atoms with Gasteiger partial charge in [0.25, 0.3) is 0 Å². The quantitative estimate of drug-likeness (QED) is 0.256. The Morgan fingerprint density at radius 2 is 2.03 bits per heavy atom. The Bertz CT molecular complexity index is 834. The Balaban J connectivity index is 2.05. The fourth-order valence-corrected chi connectivity index (χ4v) is 4.45. The van der Waals surface area contributed by atoms with E-state index in [9.17, 15) is 24.3 Å². The van der Waals surface area contributed by atoms with Crippen LogP contribution >= 0.6 is 11.8 Å². The van der Waals surface area contributed by atoms with Crippen LogP contribution in [0.15, 0.2) is 12.5 Å². The number of hydrogen-bond donors (Lipinski definition) is 5. The number of H-pyrrole nitrogens is 1. The molecule has 0 spiro atoms. The molecule has 190 valence electrons. The summed E-state index contributed by atoms with van der Waals surface area (Å²) >= 11 is 1.52. The van der Waals surface area contributed by atoms with E-state index in [1.165, 1.54) is 23.0 Å². The highest BCUT2D eigenvalue weighted by molar-refractivity contribution is 7.98. The number of aromatic amines is 1. The Hall–Kier alpha value is -2.60. The van der Waals surface area contributed by atoms with Crippen molar-refractivity contribution in [2.75, 3.05) is 18.6 Å². The topological polar surface area (TPSA) is 171 Å². The van der Waals surface area contributed by atoms with Crippen molar-refractivity contribution in [2.24, 2.45) is 11.7 Å². The summed E-state index contributed by atoms with van der Waals surface area (Å²) in [7, 11) is 0. The molecule has 12 heteroatoms. The molecule has 4 unspecified atom stereocenters. The van der Waals surface area contributed by atoms with Gasteiger partial charge in [-0.3, -0.25) is 14.4 Å². The second-order valence-corrected chi connectivity index (χ2v) is 9.93. The van der Waals surface area contributed by atoms with Crippen LogP contribution in [0.1, 0.15) is 45.2 Å². The van der Waals surface area contributed by atoms with Crippen LogP contribution in [0.3, 0.4) is 0 Å². The number of amides is 3. The van der Waals surface area contributed by atoms with Gasteiger partial charge in [-0.05, 0) is 43.6 Å². The largest absolute Gasteiger partial charge is 0.480 e. The maximum absolute atomic E-state index is 13.1. The summed E-state index contributed by atoms with van der Waals surface area (Å²) in [4.78, 5) is 58.8. The van der Waals surface area contributed by atoms with Crippen molar-refractivity contribution in [3.05, 3.63) is 18.2 Å². The number of aliphatic carboxylic acids is 1. The fourth-order valence-electron chi connectivity index (χ4n) is 3.97. The molecule has 0 bridgehead atoms. The lowest BCUT2D eigenvalue weighted by Gasteiger charge is -2.28. The van der Waals surface area contributed by atoms with Crippen molar-refractivity contribution in [1.29, 1.82) is 0 Å². The predicted molar refractivity (Wildman–Crippen MR) is 129 cm³/mol. The van der Waals surface area contributed by atoms with Crippen molar-refractivity contribution < 1.29 is 24.3 Å². The summed E-state index contributed by atoms with van der Waals surface area (Å²) in [6.07, 6.45) is 7.00. The zero-order valence-corrected chi connectivity index (χ0v) is 20.8. The van der Waals surface area contributed by atoms with Gasteiger partial charge in [0.1, 0.15) is 18.1 Å². The number of nitrogens with two attached hydrogens (primary N) is 1. The van der Waals surface area contributed by atoms with Crippen molar-refractivity contribution in [3.8, 4) is 0 Å². The van der Waals surface area contributed by atoms with Crippen molar-refractivity contribution >= 4 is 35.5 Å². The number of carboxylic acid groups (broad SMARTS) is 1. The first-order chi connectivity index (χ1) is 16.1. The summed E-state index contributed by atoms with van der Waals surface area (Å²) in [5.74, 6) is -1.75. The highest BCUT2D eigenvalue weighted by Crippen LogP contribution is 2.19. The first-order valence-electron chi connectivity index (χ1n) is 11.5. The number of nitrogens with one attached hydrogen (secondary N) is 3. The third-order valence-electron chi connectivity index (χ3n) is 5.72. The molecule has 6 N–H and O–H groups in total. The number of thioether (sulfide) groups is 1. The number of carbonyl (C=O) groups excluding carboxylic acids is 3. The zero-order chi connectivity index (χ0) is 25.3. The van der Waals surface area contributed by atoms with E-state index in [2.05, 4.69) is 20.6 Å². The molecule has 1 saturated heterocycles. The van der Waals surface area contributed by atoms with Gasteiger partial charge in [-0.1, -0.05) is 13.8 Å². The number of hydrogen-bond acceptors (Lipinski definition) is 7. The smallest absolute Gasteiger partial charge is 0.326 e. The normalized spacial score (nSPS) is 18.4. The van der Waals surface area contributed by atoms with E-state index in [0.29, 0.717) is 31.6 Å². The summed E-state index contributed by atoms with van der Waals surface area (Å²) in [6, 6.07) is -3.48. The highest BCUT2D eigenvalue weighted by atomic mass is 32.2. The van der Waals surface area contributed by atoms with Crippen molar-refractivity contribution in [2.45, 2.75) is 70.1 Å². The van der Waals surface area contributed by atoms with Gasteiger partial charge in [0, 0.05) is 24.9 Å². The van der Waals surface area contributed by atoms with Gasteiger partial charge in [-0.15, -0.1) is 0 Å². The molecular formula is C22H36N6O5S. The summed E-state index contributed by atoms with van der Waals surface area (Å²) in [5.41, 5.74) is 6.82. The Labute approximate surface area is 204 Å². The Morgan fingerprint density at radius 3 is 2.62 bits per heavy atom. The second-order valence-electron chi connectivity index (χ2n) is 8.95. The summed E-state index contributed by atoms with van der Waals surface area (Å²) in [6.45, 7) is 4.15. The minimum atomic E-state index is -1.11. The van der Waals surface area contributed by atoms with E-state index < -0.39 is 42.0 Å². The Kier molecular flexibility index (Phi) is 10.8. The minimum absolute atomic E-state index is 0.0738. The standard InChI is InChI=1S/C22H36N6O5S/c1-13(2)9-17(22(32)33)27-19(29)16(6-8-34-3)26-20(30)18-5-4-7-28(18)21(31)15(23)10-14-11-24-12-25-14/h11-13,15-18H,4-10,23H2,1-3H3,(H,24,25)(H,26,30)(H,27,29)(H,32,33). The molecule has 1 aliphatic heterocycles. The van der Waals surface area contributed by atoms with Gasteiger partial charge in [0.15, 0.2) is 0 Å². The van der Waals surface area contributed by atoms with Crippen LogP contribution in [0.4, 0.5) is 0 Å². The number of carbonyl (C=O) groups is 4. The number of rotatable bonds is 13. The average molecular weight is 497 g/mol. The van der Waals surface area contributed by atoms with Crippen LogP contribution < -0.4 is 16.4 Å². The summed E-state index contributed by atoms with van der Waals surface area (Å²) < 4.78 is 0. The van der Waals surface area contributed by atoms with Crippen molar-refractivity contribution in [3.63, 3.8) is 0 Å². The van der Waals surface area contributed by atoms with Gasteiger partial charge in [0.05, 0.1) is 12.4 Å². The number of nitrogens with zero attached hydrogens (tertiary/aromatic N) is 2. The molecule has 4 atom stereocenters. The number of carboxylic acids is 1. The van der Waals surface area contributed by atoms with Crippen LogP contribution in [-0.2, 0) is 25.6 Å². The highest BCUT2D eigenvalue weighted by Gasteiger charge is 2.38. The molecule has 1 fully saturated rings. The van der Waals surface area contributed by atoms with E-state index >= 15 is 0 Å². The lowest BCUT2D eigenvalue weighted by Crippen LogP contribution is -2.57. The number of likely N-dealkylation sites (tertiary alicyclic amines) is 1. The molecule has 1 aromatic rings. The molecule has 2 rings (SSSR count). The molecule has 11 nitrogen and oxygen atoms in total. The molecule has 1 aliphatic rings. The molecule has 0 aliphatic carbocycles. The Morgan fingerprint density at radius 1 is 1.29 bits per heavy atom. The third-order valence-corrected chi connectivity index (χ3v) is 6.36. The van der Waals surface area contributed by atoms with Gasteiger partial charge in [0.2, 0.25) is 17.7 Å².